The fourth-order valence-corrected chi connectivity index (χ4v) is 2.86. The lowest BCUT2D eigenvalue weighted by molar-refractivity contribution is 1.15. The molecule has 0 aromatic carbocycles. The topological polar surface area (TPSA) is 75.7 Å². The number of nitrogens with one attached hydrogen (secondary N) is 1. The van der Waals surface area contributed by atoms with Crippen LogP contribution in [0.5, 0.6) is 0 Å². The van der Waals surface area contributed by atoms with Crippen LogP contribution >= 0.6 is 23.1 Å². The summed E-state index contributed by atoms with van der Waals surface area (Å²) in [6.07, 6.45) is 1.71. The van der Waals surface area contributed by atoms with Crippen LogP contribution in [-0.2, 0) is 0 Å². The zero-order valence-corrected chi connectivity index (χ0v) is 10.2. The quantitative estimate of drug-likeness (QED) is 0.647. The molecule has 0 amide bonds. The van der Waals surface area contributed by atoms with E-state index in [2.05, 4.69) is 9.97 Å². The largest absolute Gasteiger partial charge is 0.382 e. The Balaban J connectivity index is 2.14. The van der Waals surface area contributed by atoms with E-state index in [0.29, 0.717) is 5.69 Å². The highest BCUT2D eigenvalue weighted by Crippen LogP contribution is 2.29. The maximum Gasteiger partial charge on any atom is 0.154 e. The predicted octanol–water partition coefficient (Wildman–Crippen LogP) is 2.28. The summed E-state index contributed by atoms with van der Waals surface area (Å²) in [5.74, 6) is -0.0124. The lowest BCUT2D eigenvalue weighted by Crippen LogP contribution is -2.12. The second-order valence-electron chi connectivity index (χ2n) is 3.15. The van der Waals surface area contributed by atoms with Gasteiger partial charge in [0.2, 0.25) is 0 Å². The Morgan fingerprint density at radius 1 is 1.50 bits per heavy atom. The molecule has 0 unspecified atom stereocenters. The van der Waals surface area contributed by atoms with Gasteiger partial charge >= 0.3 is 0 Å². The summed E-state index contributed by atoms with van der Waals surface area (Å²) in [7, 11) is 0. The molecule has 16 heavy (non-hydrogen) atoms. The van der Waals surface area contributed by atoms with E-state index in [1.165, 1.54) is 0 Å². The highest BCUT2D eigenvalue weighted by Gasteiger charge is 2.03. The Morgan fingerprint density at radius 2 is 2.31 bits per heavy atom. The van der Waals surface area contributed by atoms with Gasteiger partial charge in [0.15, 0.2) is 4.34 Å². The third-order valence-corrected chi connectivity index (χ3v) is 3.85. The average Bonchev–Trinajstić information content (AvgIpc) is 2.65. The third-order valence-electron chi connectivity index (χ3n) is 1.82. The molecule has 0 spiro atoms. The summed E-state index contributed by atoms with van der Waals surface area (Å²) in [6.45, 7) is 1.97. The molecular formula is C10H10N4S2. The van der Waals surface area contributed by atoms with Crippen molar-refractivity contribution in [3.05, 3.63) is 35.1 Å². The zero-order valence-electron chi connectivity index (χ0n) is 8.60. The Hall–Kier alpha value is -1.40. The molecule has 2 heterocycles. The summed E-state index contributed by atoms with van der Waals surface area (Å²) in [4.78, 5) is 9.44. The zero-order chi connectivity index (χ0) is 11.5. The first-order valence-corrected chi connectivity index (χ1v) is 6.25. The van der Waals surface area contributed by atoms with Crippen LogP contribution in [0, 0.1) is 12.3 Å². The van der Waals surface area contributed by atoms with Crippen molar-refractivity contribution in [3.63, 3.8) is 0 Å². The van der Waals surface area contributed by atoms with E-state index in [4.69, 9.17) is 11.1 Å². The molecule has 4 nitrogen and oxygen atoms in total. The maximum atomic E-state index is 7.23. The first-order valence-electron chi connectivity index (χ1n) is 4.55. The van der Waals surface area contributed by atoms with Crippen LogP contribution in [-0.4, -0.2) is 15.8 Å². The van der Waals surface area contributed by atoms with Crippen LogP contribution in [0.25, 0.3) is 0 Å². The molecule has 0 atom stereocenters. The number of thiazole rings is 1. The van der Waals surface area contributed by atoms with Crippen LogP contribution in [0.2, 0.25) is 0 Å². The minimum absolute atomic E-state index is 0.0124. The van der Waals surface area contributed by atoms with Gasteiger partial charge < -0.3 is 5.73 Å². The number of nitrogens with zero attached hydrogens (tertiary/aromatic N) is 2. The van der Waals surface area contributed by atoms with Crippen molar-refractivity contribution in [1.29, 1.82) is 5.41 Å². The molecule has 0 fully saturated rings. The summed E-state index contributed by atoms with van der Waals surface area (Å²) in [5.41, 5.74) is 6.85. The van der Waals surface area contributed by atoms with E-state index in [9.17, 15) is 0 Å². The first kappa shape index (κ1) is 11.1. The Bertz CT molecular complexity index is 504. The number of aromatic nitrogens is 2. The molecule has 3 N–H and O–H groups in total. The molecular weight excluding hydrogens is 240 g/mol. The number of rotatable bonds is 3. The van der Waals surface area contributed by atoms with Crippen LogP contribution in [0.15, 0.2) is 32.9 Å². The van der Waals surface area contributed by atoms with Crippen molar-refractivity contribution in [3.8, 4) is 0 Å². The van der Waals surface area contributed by atoms with Crippen LogP contribution in [0.3, 0.4) is 0 Å². The van der Waals surface area contributed by atoms with Crippen molar-refractivity contribution in [2.45, 2.75) is 16.2 Å². The van der Waals surface area contributed by atoms with Crippen LogP contribution < -0.4 is 5.73 Å². The second-order valence-corrected chi connectivity index (χ2v) is 5.33. The van der Waals surface area contributed by atoms with Gasteiger partial charge in [-0.2, -0.15) is 0 Å². The fourth-order valence-electron chi connectivity index (χ4n) is 1.08. The van der Waals surface area contributed by atoms with Crippen LogP contribution in [0.1, 0.15) is 11.4 Å². The van der Waals surface area contributed by atoms with E-state index < -0.39 is 0 Å². The molecule has 6 heteroatoms. The molecule has 2 rings (SSSR count). The van der Waals surface area contributed by atoms with E-state index >= 15 is 0 Å². The second kappa shape index (κ2) is 4.63. The number of amidine groups is 1. The number of pyridine rings is 1. The molecule has 0 aliphatic heterocycles. The highest BCUT2D eigenvalue weighted by molar-refractivity contribution is 8.01. The van der Waals surface area contributed by atoms with Gasteiger partial charge in [0.05, 0.1) is 0 Å². The molecule has 2 aromatic rings. The Morgan fingerprint density at radius 3 is 2.81 bits per heavy atom. The van der Waals surface area contributed by atoms with E-state index in [-0.39, 0.29) is 5.84 Å². The summed E-state index contributed by atoms with van der Waals surface area (Å²) in [6, 6.07) is 3.64. The Kier molecular flexibility index (Phi) is 3.21. The summed E-state index contributed by atoms with van der Waals surface area (Å²) < 4.78 is 0.995. The summed E-state index contributed by atoms with van der Waals surface area (Å²) in [5, 5.41) is 9.24. The van der Waals surface area contributed by atoms with Gasteiger partial charge in [-0.05, 0) is 19.1 Å². The number of aryl methyl sites for hydroxylation is 1. The van der Waals surface area contributed by atoms with Gasteiger partial charge in [0.25, 0.3) is 0 Å². The Labute approximate surface area is 101 Å². The van der Waals surface area contributed by atoms with E-state index in [1.54, 1.807) is 35.4 Å². The minimum Gasteiger partial charge on any atom is -0.382 e. The molecule has 0 saturated heterocycles. The maximum absolute atomic E-state index is 7.23. The molecule has 0 bridgehead atoms. The third kappa shape index (κ3) is 2.59. The van der Waals surface area contributed by atoms with Gasteiger partial charge in [-0.3, -0.25) is 10.4 Å². The van der Waals surface area contributed by atoms with Gasteiger partial charge in [-0.15, -0.1) is 11.3 Å². The monoisotopic (exact) mass is 250 g/mol. The van der Waals surface area contributed by atoms with Gasteiger partial charge in [-0.25, -0.2) is 4.98 Å². The van der Waals surface area contributed by atoms with Gasteiger partial charge in [-0.1, -0.05) is 11.8 Å². The average molecular weight is 250 g/mol. The number of nitrogens with two attached hydrogens (primary N) is 1. The van der Waals surface area contributed by atoms with Crippen molar-refractivity contribution < 1.29 is 0 Å². The fraction of sp³-hybridized carbons (Fsp3) is 0.100. The van der Waals surface area contributed by atoms with Crippen molar-refractivity contribution in [2.75, 3.05) is 0 Å². The molecule has 0 aliphatic carbocycles. The van der Waals surface area contributed by atoms with Crippen LogP contribution in [0.4, 0.5) is 0 Å². The number of nitrogen functional groups attached to an aromatic ring is 1. The number of hydrogen-bond acceptors (Lipinski definition) is 5. The summed E-state index contributed by atoms with van der Waals surface area (Å²) >= 11 is 3.17. The smallest absolute Gasteiger partial charge is 0.154 e. The number of hydrogen-bond donors (Lipinski definition) is 2. The van der Waals surface area contributed by atoms with Crippen molar-refractivity contribution in [1.82, 2.24) is 9.97 Å². The SMILES string of the molecule is Cc1csc(Sc2ccc(C(=N)N)nc2)n1. The predicted molar refractivity (Wildman–Crippen MR) is 66.2 cm³/mol. The van der Waals surface area contributed by atoms with Crippen molar-refractivity contribution >= 4 is 28.9 Å². The van der Waals surface area contributed by atoms with Gasteiger partial charge in [0, 0.05) is 22.2 Å². The van der Waals surface area contributed by atoms with Gasteiger partial charge in [0.1, 0.15) is 11.5 Å². The standard InChI is InChI=1S/C10H10N4S2/c1-6-5-15-10(14-6)16-7-2-3-8(9(11)12)13-4-7/h2-5H,1H3,(H3,11,12). The first-order chi connectivity index (χ1) is 7.65. The molecule has 0 aliphatic rings. The van der Waals surface area contributed by atoms with E-state index in [1.807, 2.05) is 18.4 Å². The van der Waals surface area contributed by atoms with E-state index in [0.717, 1.165) is 14.9 Å². The lowest BCUT2D eigenvalue weighted by Gasteiger charge is -1.99. The highest BCUT2D eigenvalue weighted by atomic mass is 32.2. The normalized spacial score (nSPS) is 10.3. The molecule has 82 valence electrons. The minimum atomic E-state index is -0.0124. The molecule has 2 aromatic heterocycles. The molecule has 0 radical (unpaired) electrons. The molecule has 0 saturated carbocycles. The van der Waals surface area contributed by atoms with Crippen molar-refractivity contribution in [2.24, 2.45) is 5.73 Å². The lowest BCUT2D eigenvalue weighted by atomic mass is 10.3.